The molecule has 0 spiro atoms. The first-order chi connectivity index (χ1) is 25.8. The highest BCUT2D eigenvalue weighted by Gasteiger charge is 2.20. The fourth-order valence-corrected chi connectivity index (χ4v) is 9.04. The van der Waals surface area contributed by atoms with Gasteiger partial charge >= 0.3 is 0 Å². The molecule has 0 radical (unpaired) electrons. The van der Waals surface area contributed by atoms with Crippen LogP contribution in [0, 0.1) is 0 Å². The number of hydrogen-bond donors (Lipinski definition) is 0. The second kappa shape index (κ2) is 11.5. The van der Waals surface area contributed by atoms with Crippen molar-refractivity contribution in [2.24, 2.45) is 0 Å². The number of nitrogens with zero attached hydrogens (tertiary/aromatic N) is 1. The van der Waals surface area contributed by atoms with Crippen LogP contribution in [0.1, 0.15) is 0 Å². The Morgan fingerprint density at radius 3 is 1.69 bits per heavy atom. The van der Waals surface area contributed by atoms with E-state index in [0.717, 1.165) is 60.9 Å². The van der Waals surface area contributed by atoms with Crippen LogP contribution < -0.4 is 4.90 Å². The molecule has 0 unspecified atom stereocenters. The van der Waals surface area contributed by atoms with Gasteiger partial charge in [0.2, 0.25) is 0 Å². The number of benzene rings is 8. The minimum absolute atomic E-state index is 0.869. The summed E-state index contributed by atoms with van der Waals surface area (Å²) >= 11 is 1.83. The number of para-hydroxylation sites is 2. The molecule has 3 aromatic heterocycles. The van der Waals surface area contributed by atoms with Crippen LogP contribution in [-0.2, 0) is 0 Å². The molecule has 0 aliphatic rings. The van der Waals surface area contributed by atoms with Crippen molar-refractivity contribution in [1.29, 1.82) is 0 Å². The van der Waals surface area contributed by atoms with Gasteiger partial charge in [0.15, 0.2) is 0 Å². The highest BCUT2D eigenvalue weighted by Crippen LogP contribution is 2.47. The number of anilines is 3. The summed E-state index contributed by atoms with van der Waals surface area (Å²) in [5.41, 5.74) is 11.6. The summed E-state index contributed by atoms with van der Waals surface area (Å²) < 4.78 is 15.4. The molecule has 3 heterocycles. The molecular formula is C48H29NO2S. The van der Waals surface area contributed by atoms with Gasteiger partial charge in [0.25, 0.3) is 0 Å². The second-order valence-electron chi connectivity index (χ2n) is 13.3. The maximum Gasteiger partial charge on any atom is 0.144 e. The van der Waals surface area contributed by atoms with Crippen LogP contribution in [0.4, 0.5) is 17.1 Å². The normalized spacial score (nSPS) is 11.8. The topological polar surface area (TPSA) is 29.5 Å². The minimum Gasteiger partial charge on any atom is -0.456 e. The summed E-state index contributed by atoms with van der Waals surface area (Å²) in [4.78, 5) is 2.31. The highest BCUT2D eigenvalue weighted by molar-refractivity contribution is 7.26. The third-order valence-corrected chi connectivity index (χ3v) is 11.5. The third kappa shape index (κ3) is 4.51. The number of hydrogen-bond acceptors (Lipinski definition) is 4. The lowest BCUT2D eigenvalue weighted by molar-refractivity contribution is 0.669. The zero-order chi connectivity index (χ0) is 34.2. The van der Waals surface area contributed by atoms with Gasteiger partial charge in [0.05, 0.1) is 0 Å². The van der Waals surface area contributed by atoms with Gasteiger partial charge in [-0.05, 0) is 77.4 Å². The van der Waals surface area contributed by atoms with Crippen molar-refractivity contribution in [1.82, 2.24) is 0 Å². The Balaban J connectivity index is 1.08. The average Bonchev–Trinajstić information content (AvgIpc) is 3.90. The van der Waals surface area contributed by atoms with Crippen LogP contribution in [0.15, 0.2) is 185 Å². The third-order valence-electron chi connectivity index (χ3n) is 10.3. The SMILES string of the molecule is c1ccc(-c2ccc(N(c3ccc(-c4cc5c6ccccc6oc5c5c4sc4ccccc45)cc3)c3ccc4c(c3)oc3ccccc34)cc2)cc1. The van der Waals surface area contributed by atoms with Gasteiger partial charge in [0.1, 0.15) is 22.3 Å². The van der Waals surface area contributed by atoms with Crippen LogP contribution >= 0.6 is 11.3 Å². The first-order valence-corrected chi connectivity index (χ1v) is 18.3. The Morgan fingerprint density at radius 2 is 0.942 bits per heavy atom. The number of thiophene rings is 1. The molecule has 0 fully saturated rings. The van der Waals surface area contributed by atoms with E-state index in [9.17, 15) is 0 Å². The molecule has 8 aromatic carbocycles. The standard InChI is InChI=1S/C48H29NO2S/c1-2-10-30(11-3-1)31-18-22-33(23-19-31)49(35-26-27-38-36-12-4-7-15-42(36)50-44(38)28-35)34-24-20-32(21-25-34)40-29-41-37-13-5-8-16-43(37)51-47(41)46-39-14-6-9-17-45(39)52-48(40)46/h1-29H. The lowest BCUT2D eigenvalue weighted by atomic mass is 9.98. The van der Waals surface area contributed by atoms with Gasteiger partial charge in [-0.3, -0.25) is 0 Å². The minimum atomic E-state index is 0.869. The molecule has 0 bridgehead atoms. The van der Waals surface area contributed by atoms with Crippen LogP contribution in [0.5, 0.6) is 0 Å². The average molecular weight is 684 g/mol. The van der Waals surface area contributed by atoms with E-state index in [1.165, 1.54) is 42.4 Å². The summed E-state index contributed by atoms with van der Waals surface area (Å²) in [6, 6.07) is 62.4. The van der Waals surface area contributed by atoms with Crippen molar-refractivity contribution in [2.75, 3.05) is 4.90 Å². The monoisotopic (exact) mass is 683 g/mol. The van der Waals surface area contributed by atoms with Gasteiger partial charge in [-0.15, -0.1) is 11.3 Å². The van der Waals surface area contributed by atoms with Gasteiger partial charge in [-0.25, -0.2) is 0 Å². The lowest BCUT2D eigenvalue weighted by Gasteiger charge is -2.26. The van der Waals surface area contributed by atoms with Crippen molar-refractivity contribution in [3.8, 4) is 22.3 Å². The molecule has 0 aliphatic heterocycles. The Kier molecular flexibility index (Phi) is 6.42. The number of furan rings is 2. The second-order valence-corrected chi connectivity index (χ2v) is 14.3. The van der Waals surface area contributed by atoms with Crippen molar-refractivity contribution in [3.63, 3.8) is 0 Å². The number of fused-ring (bicyclic) bond motifs is 10. The fraction of sp³-hybridized carbons (Fsp3) is 0. The largest absolute Gasteiger partial charge is 0.456 e. The van der Waals surface area contributed by atoms with Crippen molar-refractivity contribution in [3.05, 3.63) is 176 Å². The van der Waals surface area contributed by atoms with Crippen LogP contribution in [0.2, 0.25) is 0 Å². The molecule has 3 nitrogen and oxygen atoms in total. The van der Waals surface area contributed by atoms with Gasteiger partial charge < -0.3 is 13.7 Å². The van der Waals surface area contributed by atoms with E-state index in [0.29, 0.717) is 0 Å². The van der Waals surface area contributed by atoms with Crippen molar-refractivity contribution >= 4 is 92.4 Å². The zero-order valence-corrected chi connectivity index (χ0v) is 28.7. The van der Waals surface area contributed by atoms with E-state index in [4.69, 9.17) is 8.83 Å². The fourth-order valence-electron chi connectivity index (χ4n) is 7.80. The molecule has 11 rings (SSSR count). The molecule has 52 heavy (non-hydrogen) atoms. The smallest absolute Gasteiger partial charge is 0.144 e. The molecule has 244 valence electrons. The molecule has 0 N–H and O–H groups in total. The number of rotatable bonds is 5. The van der Waals surface area contributed by atoms with E-state index in [1.54, 1.807) is 0 Å². The Hall–Kier alpha value is -6.62. The molecule has 11 aromatic rings. The predicted molar refractivity (Wildman–Crippen MR) is 219 cm³/mol. The molecule has 4 heteroatoms. The van der Waals surface area contributed by atoms with Crippen LogP contribution in [-0.4, -0.2) is 0 Å². The van der Waals surface area contributed by atoms with Crippen molar-refractivity contribution < 1.29 is 8.83 Å². The van der Waals surface area contributed by atoms with Gasteiger partial charge in [-0.2, -0.15) is 0 Å². The molecule has 0 saturated carbocycles. The Labute approximate surface area is 303 Å². The summed E-state index contributed by atoms with van der Waals surface area (Å²) in [6.45, 7) is 0. The van der Waals surface area contributed by atoms with E-state index >= 15 is 0 Å². The molecule has 0 aliphatic carbocycles. The highest BCUT2D eigenvalue weighted by atomic mass is 32.1. The summed E-state index contributed by atoms with van der Waals surface area (Å²) in [5, 5.41) is 6.94. The summed E-state index contributed by atoms with van der Waals surface area (Å²) in [6.07, 6.45) is 0. The van der Waals surface area contributed by atoms with Crippen LogP contribution in [0.25, 0.3) is 86.3 Å². The molecular weight excluding hydrogens is 655 g/mol. The van der Waals surface area contributed by atoms with E-state index in [2.05, 4.69) is 163 Å². The molecule has 0 saturated heterocycles. The molecule has 0 atom stereocenters. The van der Waals surface area contributed by atoms with Gasteiger partial charge in [-0.1, -0.05) is 109 Å². The Morgan fingerprint density at radius 1 is 0.385 bits per heavy atom. The van der Waals surface area contributed by atoms with E-state index in [1.807, 2.05) is 29.5 Å². The van der Waals surface area contributed by atoms with Gasteiger partial charge in [0, 0.05) is 70.4 Å². The summed E-state index contributed by atoms with van der Waals surface area (Å²) in [5.74, 6) is 0. The first kappa shape index (κ1) is 29.1. The van der Waals surface area contributed by atoms with Crippen molar-refractivity contribution in [2.45, 2.75) is 0 Å². The summed E-state index contributed by atoms with van der Waals surface area (Å²) in [7, 11) is 0. The zero-order valence-electron chi connectivity index (χ0n) is 27.9. The molecule has 0 amide bonds. The maximum atomic E-state index is 6.55. The quantitative estimate of drug-likeness (QED) is 0.181. The maximum absolute atomic E-state index is 6.55. The first-order valence-electron chi connectivity index (χ1n) is 17.5. The Bertz CT molecular complexity index is 3110. The van der Waals surface area contributed by atoms with E-state index in [-0.39, 0.29) is 0 Å². The van der Waals surface area contributed by atoms with E-state index < -0.39 is 0 Å². The predicted octanol–water partition coefficient (Wildman–Crippen LogP) is 14.7. The lowest BCUT2D eigenvalue weighted by Crippen LogP contribution is -2.09. The van der Waals surface area contributed by atoms with Crippen LogP contribution in [0.3, 0.4) is 0 Å².